The molecule has 0 unspecified atom stereocenters. The third kappa shape index (κ3) is 2.65. The van der Waals surface area contributed by atoms with Crippen LogP contribution in [-0.2, 0) is 15.1 Å². The van der Waals surface area contributed by atoms with Gasteiger partial charge in [-0.15, -0.1) is 0 Å². The van der Waals surface area contributed by atoms with Gasteiger partial charge in [-0.25, -0.2) is 4.39 Å². The van der Waals surface area contributed by atoms with Crippen LogP contribution >= 0.6 is 0 Å². The molecule has 3 rings (SSSR count). The number of hydrogen-bond donors (Lipinski definition) is 0. The molecule has 1 aliphatic carbocycles. The number of esters is 1. The van der Waals surface area contributed by atoms with E-state index in [0.717, 1.165) is 43.1 Å². The molecule has 1 saturated carbocycles. The second-order valence-corrected chi connectivity index (χ2v) is 5.83. The molecule has 0 atom stereocenters. The van der Waals surface area contributed by atoms with Gasteiger partial charge in [-0.1, -0.05) is 30.7 Å². The van der Waals surface area contributed by atoms with Crippen LogP contribution < -0.4 is 0 Å². The number of halogens is 1. The molecule has 0 heterocycles. The Morgan fingerprint density at radius 1 is 1.14 bits per heavy atom. The highest BCUT2D eigenvalue weighted by molar-refractivity contribution is 5.84. The van der Waals surface area contributed by atoms with E-state index in [1.165, 1.54) is 13.0 Å². The molecular formula is C18H19FO2. The Bertz CT molecular complexity index is 672. The van der Waals surface area contributed by atoms with Crippen LogP contribution in [0.25, 0.3) is 10.8 Å². The van der Waals surface area contributed by atoms with Crippen molar-refractivity contribution in [1.29, 1.82) is 0 Å². The Kier molecular flexibility index (Phi) is 3.66. The van der Waals surface area contributed by atoms with Gasteiger partial charge >= 0.3 is 5.97 Å². The summed E-state index contributed by atoms with van der Waals surface area (Å²) in [5.41, 5.74) is 0.128. The van der Waals surface area contributed by atoms with E-state index in [1.807, 2.05) is 24.3 Å². The fourth-order valence-corrected chi connectivity index (χ4v) is 3.37. The minimum Gasteiger partial charge on any atom is -0.454 e. The highest BCUT2D eigenvalue weighted by atomic mass is 19.1. The summed E-state index contributed by atoms with van der Waals surface area (Å²) in [5.74, 6) is -0.550. The normalized spacial score (nSPS) is 17.6. The number of ether oxygens (including phenoxy) is 1. The fraction of sp³-hybridized carbons (Fsp3) is 0.389. The van der Waals surface area contributed by atoms with Crippen LogP contribution in [0.4, 0.5) is 4.39 Å². The van der Waals surface area contributed by atoms with Crippen LogP contribution in [0.5, 0.6) is 0 Å². The summed E-state index contributed by atoms with van der Waals surface area (Å²) >= 11 is 0. The summed E-state index contributed by atoms with van der Waals surface area (Å²) in [5, 5.41) is 1.46. The molecule has 0 aliphatic heterocycles. The average molecular weight is 286 g/mol. The van der Waals surface area contributed by atoms with E-state index in [-0.39, 0.29) is 11.8 Å². The second kappa shape index (κ2) is 5.47. The lowest BCUT2D eigenvalue weighted by atomic mass is 9.78. The van der Waals surface area contributed by atoms with E-state index < -0.39 is 5.60 Å². The minimum absolute atomic E-state index is 0.250. The van der Waals surface area contributed by atoms with Crippen molar-refractivity contribution in [2.24, 2.45) is 0 Å². The number of carbonyl (C=O) groups is 1. The first kappa shape index (κ1) is 14.1. The van der Waals surface area contributed by atoms with Crippen LogP contribution in [0.15, 0.2) is 36.4 Å². The summed E-state index contributed by atoms with van der Waals surface area (Å²) in [6.45, 7) is 1.42. The zero-order chi connectivity index (χ0) is 14.9. The standard InChI is InChI=1S/C18H19FO2/c1-13(20)21-18(9-5-2-6-10-18)15-11-14-7-3-4-8-16(14)17(19)12-15/h3-4,7-8,11-12H,2,5-6,9-10H2,1H3. The Hall–Kier alpha value is -1.90. The summed E-state index contributed by atoms with van der Waals surface area (Å²) in [6.07, 6.45) is 4.68. The zero-order valence-corrected chi connectivity index (χ0v) is 12.2. The summed E-state index contributed by atoms with van der Waals surface area (Å²) in [6, 6.07) is 10.9. The van der Waals surface area contributed by atoms with Gasteiger partial charge in [-0.3, -0.25) is 4.79 Å². The first-order chi connectivity index (χ1) is 10.1. The third-order valence-corrected chi connectivity index (χ3v) is 4.34. The van der Waals surface area contributed by atoms with Crippen LogP contribution in [0, 0.1) is 5.82 Å². The maximum atomic E-state index is 14.4. The van der Waals surface area contributed by atoms with Gasteiger partial charge in [0.25, 0.3) is 0 Å². The van der Waals surface area contributed by atoms with Gasteiger partial charge in [0, 0.05) is 12.3 Å². The van der Waals surface area contributed by atoms with Crippen LogP contribution in [0.1, 0.15) is 44.6 Å². The molecule has 21 heavy (non-hydrogen) atoms. The molecule has 2 nitrogen and oxygen atoms in total. The maximum absolute atomic E-state index is 14.4. The summed E-state index contributed by atoms with van der Waals surface area (Å²) < 4.78 is 20.0. The molecule has 0 saturated heterocycles. The molecule has 1 fully saturated rings. The van der Waals surface area contributed by atoms with Crippen LogP contribution in [0.2, 0.25) is 0 Å². The predicted octanol–water partition coefficient (Wildman–Crippen LogP) is 4.70. The Morgan fingerprint density at radius 3 is 2.57 bits per heavy atom. The van der Waals surface area contributed by atoms with Gasteiger partial charge < -0.3 is 4.74 Å². The van der Waals surface area contributed by atoms with Gasteiger partial charge in [-0.2, -0.15) is 0 Å². The highest BCUT2D eigenvalue weighted by Gasteiger charge is 2.37. The van der Waals surface area contributed by atoms with Crippen molar-refractivity contribution < 1.29 is 13.9 Å². The fourth-order valence-electron chi connectivity index (χ4n) is 3.37. The second-order valence-electron chi connectivity index (χ2n) is 5.83. The van der Waals surface area contributed by atoms with E-state index in [1.54, 1.807) is 6.07 Å². The zero-order valence-electron chi connectivity index (χ0n) is 12.2. The molecule has 1 aliphatic rings. The van der Waals surface area contributed by atoms with Gasteiger partial charge in [-0.05, 0) is 48.8 Å². The molecule has 2 aromatic rings. The largest absolute Gasteiger partial charge is 0.454 e. The van der Waals surface area contributed by atoms with Crippen molar-refractivity contribution in [2.45, 2.75) is 44.6 Å². The van der Waals surface area contributed by atoms with Crippen LogP contribution in [-0.4, -0.2) is 5.97 Å². The highest BCUT2D eigenvalue weighted by Crippen LogP contribution is 2.42. The lowest BCUT2D eigenvalue weighted by Crippen LogP contribution is -2.34. The van der Waals surface area contributed by atoms with Crippen molar-refractivity contribution in [3.05, 3.63) is 47.8 Å². The molecule has 0 aromatic heterocycles. The molecule has 0 amide bonds. The Labute approximate surface area is 123 Å². The van der Waals surface area contributed by atoms with Gasteiger partial charge in [0.2, 0.25) is 0 Å². The Balaban J connectivity index is 2.12. The quantitative estimate of drug-likeness (QED) is 0.748. The predicted molar refractivity (Wildman–Crippen MR) is 80.4 cm³/mol. The summed E-state index contributed by atoms with van der Waals surface area (Å²) in [4.78, 5) is 11.5. The first-order valence-electron chi connectivity index (χ1n) is 7.49. The van der Waals surface area contributed by atoms with Crippen molar-refractivity contribution in [3.63, 3.8) is 0 Å². The molecule has 3 heteroatoms. The molecule has 0 bridgehead atoms. The minimum atomic E-state index is -0.658. The van der Waals surface area contributed by atoms with Gasteiger partial charge in [0.1, 0.15) is 11.4 Å². The van der Waals surface area contributed by atoms with Crippen molar-refractivity contribution in [3.8, 4) is 0 Å². The molecule has 2 aromatic carbocycles. The maximum Gasteiger partial charge on any atom is 0.303 e. The van der Waals surface area contributed by atoms with E-state index >= 15 is 0 Å². The van der Waals surface area contributed by atoms with Crippen molar-refractivity contribution in [1.82, 2.24) is 0 Å². The third-order valence-electron chi connectivity index (χ3n) is 4.34. The topological polar surface area (TPSA) is 26.3 Å². The average Bonchev–Trinajstić information content (AvgIpc) is 2.47. The molecule has 0 N–H and O–H groups in total. The number of benzene rings is 2. The van der Waals surface area contributed by atoms with E-state index in [0.29, 0.717) is 5.39 Å². The van der Waals surface area contributed by atoms with Crippen LogP contribution in [0.3, 0.4) is 0 Å². The number of fused-ring (bicyclic) bond motifs is 1. The lowest BCUT2D eigenvalue weighted by molar-refractivity contribution is -0.162. The SMILES string of the molecule is CC(=O)OC1(c2cc(F)c3ccccc3c2)CCCCC1. The van der Waals surface area contributed by atoms with Gasteiger partial charge in [0.05, 0.1) is 0 Å². The molecular weight excluding hydrogens is 267 g/mol. The first-order valence-corrected chi connectivity index (χ1v) is 7.49. The van der Waals surface area contributed by atoms with Crippen molar-refractivity contribution in [2.75, 3.05) is 0 Å². The number of rotatable bonds is 2. The molecule has 110 valence electrons. The Morgan fingerprint density at radius 2 is 1.86 bits per heavy atom. The van der Waals surface area contributed by atoms with Gasteiger partial charge in [0.15, 0.2) is 0 Å². The van der Waals surface area contributed by atoms with E-state index in [2.05, 4.69) is 0 Å². The monoisotopic (exact) mass is 286 g/mol. The number of carbonyl (C=O) groups excluding carboxylic acids is 1. The van der Waals surface area contributed by atoms with E-state index in [4.69, 9.17) is 4.74 Å². The summed E-state index contributed by atoms with van der Waals surface area (Å²) in [7, 11) is 0. The van der Waals surface area contributed by atoms with E-state index in [9.17, 15) is 9.18 Å². The molecule has 0 radical (unpaired) electrons. The van der Waals surface area contributed by atoms with Crippen molar-refractivity contribution >= 4 is 16.7 Å². The number of hydrogen-bond acceptors (Lipinski definition) is 2. The lowest BCUT2D eigenvalue weighted by Gasteiger charge is -2.37. The smallest absolute Gasteiger partial charge is 0.303 e. The molecule has 0 spiro atoms.